The Hall–Kier alpha value is -0.310. The van der Waals surface area contributed by atoms with E-state index in [9.17, 15) is 0 Å². The lowest BCUT2D eigenvalue weighted by Gasteiger charge is -2.42. The van der Waals surface area contributed by atoms with Crippen LogP contribution in [0.15, 0.2) is 47.6 Å². The lowest BCUT2D eigenvalue weighted by atomic mass is 9.63. The molecule has 25 heavy (non-hydrogen) atoms. The normalized spacial score (nSPS) is 45.7. The number of rotatable bonds is 1. The first-order valence-corrected chi connectivity index (χ1v) is 11.9. The highest BCUT2D eigenvalue weighted by Gasteiger charge is 2.37. The molecule has 0 heterocycles. The molecular weight excluding hydrogens is 415 g/mol. The van der Waals surface area contributed by atoms with Gasteiger partial charge in [-0.2, -0.15) is 0 Å². The van der Waals surface area contributed by atoms with Gasteiger partial charge in [-0.05, 0) is 74.5 Å². The molecule has 0 aliphatic heterocycles. The van der Waals surface area contributed by atoms with Gasteiger partial charge in [0.05, 0.1) is 0 Å². The van der Waals surface area contributed by atoms with Crippen LogP contribution >= 0.6 is 22.6 Å². The molecule has 0 nitrogen and oxygen atoms in total. The van der Waals surface area contributed by atoms with E-state index in [1.54, 1.807) is 11.1 Å². The molecule has 5 aliphatic rings. The van der Waals surface area contributed by atoms with Crippen molar-refractivity contribution in [2.75, 3.05) is 0 Å². The maximum atomic E-state index is 2.62. The molecule has 5 rings (SSSR count). The Bertz CT molecular complexity index is 636. The van der Waals surface area contributed by atoms with Gasteiger partial charge >= 0.3 is 0 Å². The van der Waals surface area contributed by atoms with Gasteiger partial charge in [0.25, 0.3) is 0 Å². The maximum Gasteiger partial charge on any atom is 0.0292 e. The summed E-state index contributed by atoms with van der Waals surface area (Å²) in [6.07, 6.45) is 28.2. The van der Waals surface area contributed by atoms with Crippen molar-refractivity contribution in [1.82, 2.24) is 0 Å². The van der Waals surface area contributed by atoms with Crippen molar-refractivity contribution in [3.05, 3.63) is 47.6 Å². The minimum Gasteiger partial charge on any atom is -0.0842 e. The average molecular weight is 446 g/mol. The van der Waals surface area contributed by atoms with E-state index in [-0.39, 0.29) is 0 Å². The summed E-state index contributed by atoms with van der Waals surface area (Å²) in [4.78, 5) is 0. The van der Waals surface area contributed by atoms with Crippen molar-refractivity contribution in [2.24, 2.45) is 35.5 Å². The van der Waals surface area contributed by atoms with Gasteiger partial charge in [0.1, 0.15) is 0 Å². The van der Waals surface area contributed by atoms with Gasteiger partial charge in [0.15, 0.2) is 0 Å². The Morgan fingerprint density at radius 1 is 0.800 bits per heavy atom. The lowest BCUT2D eigenvalue weighted by molar-refractivity contribution is 0.216. The van der Waals surface area contributed by atoms with Crippen LogP contribution in [0.4, 0.5) is 0 Å². The molecule has 0 radical (unpaired) electrons. The van der Waals surface area contributed by atoms with E-state index in [1.807, 2.05) is 0 Å². The Morgan fingerprint density at radius 2 is 1.68 bits per heavy atom. The summed E-state index contributed by atoms with van der Waals surface area (Å²) in [5, 5.41) is 0. The second-order valence-corrected chi connectivity index (χ2v) is 10.8. The fourth-order valence-electron chi connectivity index (χ4n) is 6.49. The Kier molecular flexibility index (Phi) is 4.73. The quantitative estimate of drug-likeness (QED) is 0.230. The summed E-state index contributed by atoms with van der Waals surface area (Å²) >= 11 is 2.62. The van der Waals surface area contributed by atoms with E-state index in [2.05, 4.69) is 59.0 Å². The van der Waals surface area contributed by atoms with E-state index in [1.165, 1.54) is 57.8 Å². The Labute approximate surface area is 167 Å². The van der Waals surface area contributed by atoms with Crippen LogP contribution in [0.3, 0.4) is 0 Å². The summed E-state index contributed by atoms with van der Waals surface area (Å²) in [6.45, 7) is 0. The second kappa shape index (κ2) is 7.02. The van der Waals surface area contributed by atoms with Gasteiger partial charge < -0.3 is 0 Å². The predicted molar refractivity (Wildman–Crippen MR) is 115 cm³/mol. The van der Waals surface area contributed by atoms with Crippen molar-refractivity contribution in [3.8, 4) is 0 Å². The zero-order chi connectivity index (χ0) is 16.8. The first-order valence-electron chi connectivity index (χ1n) is 10.7. The fourth-order valence-corrected chi connectivity index (χ4v) is 7.39. The fraction of sp³-hybridized carbons (Fsp3) is 0.667. The number of allylic oxidation sites excluding steroid dienone is 8. The summed E-state index contributed by atoms with van der Waals surface area (Å²) in [5.74, 6) is 5.15. The van der Waals surface area contributed by atoms with Gasteiger partial charge in [-0.3, -0.25) is 0 Å². The molecule has 7 atom stereocenters. The SMILES string of the molecule is IC1C=CC2CC(C3=CC=C4C(C=CC5CCCCC45)C3)CCC2C1. The smallest absolute Gasteiger partial charge is 0.0292 e. The number of fused-ring (bicyclic) bond motifs is 4. The van der Waals surface area contributed by atoms with Crippen LogP contribution < -0.4 is 0 Å². The molecule has 1 heteroatoms. The Balaban J connectivity index is 1.33. The highest BCUT2D eigenvalue weighted by atomic mass is 127. The van der Waals surface area contributed by atoms with Crippen molar-refractivity contribution in [1.29, 1.82) is 0 Å². The molecule has 0 aromatic carbocycles. The first-order chi connectivity index (χ1) is 12.3. The van der Waals surface area contributed by atoms with E-state index in [4.69, 9.17) is 0 Å². The molecule has 134 valence electrons. The molecule has 0 aromatic heterocycles. The standard InChI is InChI=1S/C24H31I/c25-22-11-9-18-13-17(6-7-20(18)15-22)19-10-12-24-21(14-19)8-5-16-3-1-2-4-23(16)24/h5,8-12,16-18,20-23H,1-4,6-7,13-15H2. The maximum absolute atomic E-state index is 2.62. The monoisotopic (exact) mass is 446 g/mol. The van der Waals surface area contributed by atoms with Crippen LogP contribution in [-0.4, -0.2) is 3.92 Å². The molecule has 0 aromatic rings. The van der Waals surface area contributed by atoms with E-state index < -0.39 is 0 Å². The van der Waals surface area contributed by atoms with Crippen LogP contribution in [0, 0.1) is 35.5 Å². The van der Waals surface area contributed by atoms with Crippen LogP contribution in [0.5, 0.6) is 0 Å². The molecule has 0 saturated heterocycles. The van der Waals surface area contributed by atoms with Crippen molar-refractivity contribution in [3.63, 3.8) is 0 Å². The first kappa shape index (κ1) is 16.8. The van der Waals surface area contributed by atoms with Crippen molar-refractivity contribution in [2.45, 2.75) is 61.7 Å². The summed E-state index contributed by atoms with van der Waals surface area (Å²) in [5.41, 5.74) is 3.56. The van der Waals surface area contributed by atoms with Gasteiger partial charge in [0, 0.05) is 9.84 Å². The van der Waals surface area contributed by atoms with E-state index >= 15 is 0 Å². The van der Waals surface area contributed by atoms with Crippen LogP contribution in [0.25, 0.3) is 0 Å². The Morgan fingerprint density at radius 3 is 2.64 bits per heavy atom. The van der Waals surface area contributed by atoms with Crippen LogP contribution in [0.1, 0.15) is 57.8 Å². The molecule has 2 fully saturated rings. The third kappa shape index (κ3) is 3.24. The van der Waals surface area contributed by atoms with Crippen molar-refractivity contribution < 1.29 is 0 Å². The van der Waals surface area contributed by atoms with Gasteiger partial charge in [-0.15, -0.1) is 0 Å². The average Bonchev–Trinajstić information content (AvgIpc) is 2.67. The number of alkyl halides is 1. The second-order valence-electron chi connectivity index (χ2n) is 9.23. The van der Waals surface area contributed by atoms with Crippen LogP contribution in [-0.2, 0) is 0 Å². The molecule has 7 unspecified atom stereocenters. The third-order valence-corrected chi connectivity index (χ3v) is 8.80. The van der Waals surface area contributed by atoms with Gasteiger partial charge in [-0.1, -0.05) is 83.0 Å². The minimum atomic E-state index is 0.734. The lowest BCUT2D eigenvalue weighted by Crippen LogP contribution is -2.31. The molecule has 0 N–H and O–H groups in total. The minimum absolute atomic E-state index is 0.734. The zero-order valence-electron chi connectivity index (χ0n) is 15.2. The summed E-state index contributed by atoms with van der Waals surface area (Å²) in [7, 11) is 0. The molecular formula is C24H31I. The highest BCUT2D eigenvalue weighted by Crippen LogP contribution is 2.49. The predicted octanol–water partition coefficient (Wildman–Crippen LogP) is 7.03. The highest BCUT2D eigenvalue weighted by molar-refractivity contribution is 14.1. The molecule has 0 bridgehead atoms. The molecule has 5 aliphatic carbocycles. The topological polar surface area (TPSA) is 0 Å². The molecule has 0 spiro atoms. The van der Waals surface area contributed by atoms with E-state index in [0.717, 1.165) is 39.4 Å². The van der Waals surface area contributed by atoms with Crippen LogP contribution in [0.2, 0.25) is 0 Å². The zero-order valence-corrected chi connectivity index (χ0v) is 17.4. The number of hydrogen-bond donors (Lipinski definition) is 0. The summed E-state index contributed by atoms with van der Waals surface area (Å²) in [6, 6.07) is 0. The molecule has 2 saturated carbocycles. The number of hydrogen-bond acceptors (Lipinski definition) is 0. The van der Waals surface area contributed by atoms with E-state index in [0.29, 0.717) is 0 Å². The van der Waals surface area contributed by atoms with Crippen molar-refractivity contribution >= 4 is 22.6 Å². The van der Waals surface area contributed by atoms with Gasteiger partial charge in [0.2, 0.25) is 0 Å². The third-order valence-electron chi connectivity index (χ3n) is 7.88. The summed E-state index contributed by atoms with van der Waals surface area (Å²) < 4.78 is 0.783. The molecule has 0 amide bonds. The largest absolute Gasteiger partial charge is 0.0842 e. The number of halogens is 1. The van der Waals surface area contributed by atoms with Gasteiger partial charge in [-0.25, -0.2) is 0 Å².